The Bertz CT molecular complexity index is 1490. The third kappa shape index (κ3) is 2.63. The average molecular weight is 402 g/mol. The van der Waals surface area contributed by atoms with Crippen molar-refractivity contribution in [3.8, 4) is 11.1 Å². The van der Waals surface area contributed by atoms with Crippen LogP contribution in [0, 0.1) is 5.82 Å². The van der Waals surface area contributed by atoms with Crippen molar-refractivity contribution in [1.29, 1.82) is 0 Å². The van der Waals surface area contributed by atoms with Crippen molar-refractivity contribution in [3.63, 3.8) is 0 Å². The van der Waals surface area contributed by atoms with Gasteiger partial charge in [0.15, 0.2) is 0 Å². The quantitative estimate of drug-likeness (QED) is 0.459. The summed E-state index contributed by atoms with van der Waals surface area (Å²) in [6.07, 6.45) is 2.99. The molecule has 0 amide bonds. The maximum atomic E-state index is 14.4. The van der Waals surface area contributed by atoms with Gasteiger partial charge in [-0.25, -0.2) is 9.18 Å². The summed E-state index contributed by atoms with van der Waals surface area (Å²) >= 11 is 0. The van der Waals surface area contributed by atoms with Crippen LogP contribution >= 0.6 is 0 Å². The summed E-state index contributed by atoms with van der Waals surface area (Å²) in [6, 6.07) is 14.7. The highest BCUT2D eigenvalue weighted by Crippen LogP contribution is 2.39. The Kier molecular flexibility index (Phi) is 4.03. The Morgan fingerprint density at radius 1 is 1.10 bits per heavy atom. The van der Waals surface area contributed by atoms with Crippen molar-refractivity contribution in [2.45, 2.75) is 6.54 Å². The molecule has 0 aliphatic carbocycles. The van der Waals surface area contributed by atoms with Crippen molar-refractivity contribution in [2.75, 3.05) is 0 Å². The molecule has 0 saturated heterocycles. The lowest BCUT2D eigenvalue weighted by molar-refractivity contribution is 0.0687. The second-order valence-corrected chi connectivity index (χ2v) is 6.92. The average Bonchev–Trinajstić information content (AvgIpc) is 3.32. The van der Waals surface area contributed by atoms with E-state index in [1.165, 1.54) is 23.1 Å². The Labute approximate surface area is 168 Å². The number of rotatable bonds is 4. The van der Waals surface area contributed by atoms with Crippen molar-refractivity contribution in [1.82, 2.24) is 9.55 Å². The van der Waals surface area contributed by atoms with E-state index in [0.29, 0.717) is 22.0 Å². The number of H-pyrrole nitrogens is 1. The number of nitrogens with one attached hydrogen (secondary N) is 1. The summed E-state index contributed by atoms with van der Waals surface area (Å²) in [4.78, 5) is 27.6. The lowest BCUT2D eigenvalue weighted by Crippen LogP contribution is -2.14. The number of benzene rings is 2. The largest absolute Gasteiger partial charge is 0.477 e. The molecule has 0 radical (unpaired) electrons. The van der Waals surface area contributed by atoms with Crippen LogP contribution < -0.4 is 5.56 Å². The summed E-state index contributed by atoms with van der Waals surface area (Å²) < 4.78 is 21.5. The Morgan fingerprint density at radius 3 is 2.70 bits per heavy atom. The second kappa shape index (κ2) is 6.73. The lowest BCUT2D eigenvalue weighted by atomic mass is 10.0. The van der Waals surface area contributed by atoms with Crippen LogP contribution in [0.1, 0.15) is 16.1 Å². The third-order valence-corrected chi connectivity index (χ3v) is 5.22. The fourth-order valence-corrected chi connectivity index (χ4v) is 3.93. The highest BCUT2D eigenvalue weighted by atomic mass is 19.1. The summed E-state index contributed by atoms with van der Waals surface area (Å²) in [5, 5.41) is 11.4. The van der Waals surface area contributed by atoms with E-state index >= 15 is 0 Å². The monoisotopic (exact) mass is 402 g/mol. The van der Waals surface area contributed by atoms with Crippen LogP contribution in [0.4, 0.5) is 4.39 Å². The van der Waals surface area contributed by atoms with Gasteiger partial charge in [0, 0.05) is 22.7 Å². The summed E-state index contributed by atoms with van der Waals surface area (Å²) in [7, 11) is 0. The Morgan fingerprint density at radius 2 is 1.93 bits per heavy atom. The highest BCUT2D eigenvalue weighted by Gasteiger charge is 2.27. The number of aromatic carboxylic acids is 1. The number of carbonyl (C=O) groups is 1. The number of nitrogens with zero attached hydrogens (tertiary/aromatic N) is 1. The van der Waals surface area contributed by atoms with Gasteiger partial charge in [-0.05, 0) is 36.4 Å². The van der Waals surface area contributed by atoms with E-state index in [1.54, 1.807) is 42.5 Å². The van der Waals surface area contributed by atoms with Crippen LogP contribution in [0.2, 0.25) is 0 Å². The zero-order chi connectivity index (χ0) is 20.8. The first-order valence-corrected chi connectivity index (χ1v) is 9.23. The van der Waals surface area contributed by atoms with Crippen LogP contribution in [-0.2, 0) is 6.54 Å². The Hall–Kier alpha value is -4.13. The minimum absolute atomic E-state index is 0.0121. The fraction of sp³-hybridized carbons (Fsp3) is 0.0435. The van der Waals surface area contributed by atoms with E-state index in [1.807, 2.05) is 6.07 Å². The molecule has 0 fully saturated rings. The zero-order valence-electron chi connectivity index (χ0n) is 15.6. The number of aromatic amines is 1. The smallest absolute Gasteiger partial charge is 0.353 e. The van der Waals surface area contributed by atoms with E-state index < -0.39 is 17.3 Å². The molecule has 0 unspecified atom stereocenters. The standard InChI is InChI=1S/C23H15FN2O4/c24-16-6-2-1-4-14(16)12-26-17-8-7-13-9-11-30-21(13)19(17)18(20(26)23(28)29)15-5-3-10-25-22(15)27/h1-11H,12H2,(H,25,27)(H,28,29). The maximum absolute atomic E-state index is 14.4. The van der Waals surface area contributed by atoms with E-state index in [4.69, 9.17) is 4.42 Å². The first-order chi connectivity index (χ1) is 14.6. The normalized spacial score (nSPS) is 11.4. The SMILES string of the molecule is O=C(O)c1c(-c2ccc[nH]c2=O)c2c3occc3ccc2n1Cc1ccccc1F. The van der Waals surface area contributed by atoms with E-state index in [0.717, 1.165) is 5.39 Å². The van der Waals surface area contributed by atoms with Gasteiger partial charge in [-0.3, -0.25) is 4.79 Å². The molecule has 2 N–H and O–H groups in total. The molecule has 3 heterocycles. The van der Waals surface area contributed by atoms with Gasteiger partial charge < -0.3 is 19.1 Å². The van der Waals surface area contributed by atoms with Gasteiger partial charge in [0.1, 0.15) is 17.1 Å². The predicted octanol–water partition coefficient (Wildman–Crippen LogP) is 4.63. The molecular formula is C23H15FN2O4. The molecule has 0 spiro atoms. The van der Waals surface area contributed by atoms with Crippen LogP contribution in [-0.4, -0.2) is 20.6 Å². The zero-order valence-corrected chi connectivity index (χ0v) is 15.6. The molecular weight excluding hydrogens is 387 g/mol. The molecule has 30 heavy (non-hydrogen) atoms. The topological polar surface area (TPSA) is 88.2 Å². The van der Waals surface area contributed by atoms with Crippen molar-refractivity contribution in [2.24, 2.45) is 0 Å². The number of carboxylic acid groups (broad SMARTS) is 1. The van der Waals surface area contributed by atoms with Crippen molar-refractivity contribution < 1.29 is 18.7 Å². The van der Waals surface area contributed by atoms with Crippen molar-refractivity contribution in [3.05, 3.63) is 94.5 Å². The number of halogens is 1. The molecule has 6 nitrogen and oxygen atoms in total. The Balaban J connectivity index is 1.94. The van der Waals surface area contributed by atoms with Gasteiger partial charge in [0.25, 0.3) is 5.56 Å². The number of pyridine rings is 1. The number of hydrogen-bond acceptors (Lipinski definition) is 3. The minimum atomic E-state index is -1.22. The molecule has 0 bridgehead atoms. The number of aromatic nitrogens is 2. The molecule has 5 aromatic rings. The fourth-order valence-electron chi connectivity index (χ4n) is 3.93. The number of fused-ring (bicyclic) bond motifs is 3. The second-order valence-electron chi connectivity index (χ2n) is 6.92. The number of furan rings is 1. The van der Waals surface area contributed by atoms with E-state index in [-0.39, 0.29) is 23.4 Å². The van der Waals surface area contributed by atoms with Gasteiger partial charge in [-0.15, -0.1) is 0 Å². The minimum Gasteiger partial charge on any atom is -0.477 e. The molecule has 0 aliphatic heterocycles. The van der Waals surface area contributed by atoms with Gasteiger partial charge in [0.2, 0.25) is 0 Å². The molecule has 148 valence electrons. The highest BCUT2D eigenvalue weighted by molar-refractivity contribution is 6.17. The first kappa shape index (κ1) is 17.9. The lowest BCUT2D eigenvalue weighted by Gasteiger charge is -2.10. The first-order valence-electron chi connectivity index (χ1n) is 9.23. The maximum Gasteiger partial charge on any atom is 0.353 e. The van der Waals surface area contributed by atoms with E-state index in [9.17, 15) is 19.1 Å². The number of hydrogen-bond donors (Lipinski definition) is 2. The van der Waals surface area contributed by atoms with Crippen LogP contribution in [0.3, 0.4) is 0 Å². The molecule has 7 heteroatoms. The third-order valence-electron chi connectivity index (χ3n) is 5.22. The molecule has 0 atom stereocenters. The number of carboxylic acids is 1. The summed E-state index contributed by atoms with van der Waals surface area (Å²) in [5.41, 5.74) is 1.27. The van der Waals surface area contributed by atoms with Crippen LogP contribution in [0.15, 0.2) is 76.3 Å². The van der Waals surface area contributed by atoms with Gasteiger partial charge >= 0.3 is 5.97 Å². The van der Waals surface area contributed by atoms with E-state index in [2.05, 4.69) is 4.98 Å². The van der Waals surface area contributed by atoms with Crippen LogP contribution in [0.5, 0.6) is 0 Å². The molecule has 0 saturated carbocycles. The van der Waals surface area contributed by atoms with Gasteiger partial charge in [-0.2, -0.15) is 0 Å². The molecule has 5 rings (SSSR count). The summed E-state index contributed by atoms with van der Waals surface area (Å²) in [5.74, 6) is -1.66. The molecule has 3 aromatic heterocycles. The van der Waals surface area contributed by atoms with Crippen molar-refractivity contribution >= 4 is 27.8 Å². The van der Waals surface area contributed by atoms with Gasteiger partial charge in [-0.1, -0.05) is 18.2 Å². The molecule has 2 aromatic carbocycles. The van der Waals surface area contributed by atoms with Gasteiger partial charge in [0.05, 0.1) is 29.3 Å². The summed E-state index contributed by atoms with van der Waals surface area (Å²) in [6.45, 7) is -0.0121. The molecule has 0 aliphatic rings. The predicted molar refractivity (Wildman–Crippen MR) is 110 cm³/mol. The van der Waals surface area contributed by atoms with Crippen LogP contribution in [0.25, 0.3) is 33.0 Å².